The summed E-state index contributed by atoms with van der Waals surface area (Å²) in [7, 11) is 1.78. The first-order valence-electron chi connectivity index (χ1n) is 3.52. The molecule has 0 bridgehead atoms. The van der Waals surface area contributed by atoms with Gasteiger partial charge in [0.2, 0.25) is 0 Å². The molecule has 1 heterocycles. The van der Waals surface area contributed by atoms with Crippen LogP contribution in [0.2, 0.25) is 0 Å². The summed E-state index contributed by atoms with van der Waals surface area (Å²) < 4.78 is 0. The Hall–Kier alpha value is -0.940. The molecule has 0 saturated heterocycles. The fraction of sp³-hybridized carbons (Fsp3) is 0.667. The minimum absolute atomic E-state index is 0.599. The molecular weight excluding hydrogens is 144 g/mol. The van der Waals surface area contributed by atoms with Crippen LogP contribution < -0.4 is 5.48 Å². The quantitative estimate of drug-likeness (QED) is 0.487. The number of nitrogens with one attached hydrogen (secondary N) is 1. The first kappa shape index (κ1) is 8.16. The molecule has 0 aliphatic heterocycles. The SMILES string of the molecule is CCONCc1cnn(C)n1. The standard InChI is InChI=1S/C6H12N4O/c1-3-11-8-5-6-4-7-10(2)9-6/h4,8H,3,5H2,1-2H3. The molecule has 1 aromatic heterocycles. The Morgan fingerprint density at radius 1 is 1.73 bits per heavy atom. The molecule has 0 fully saturated rings. The average molecular weight is 156 g/mol. The minimum atomic E-state index is 0.599. The summed E-state index contributed by atoms with van der Waals surface area (Å²) in [6, 6.07) is 0. The van der Waals surface area contributed by atoms with Gasteiger partial charge in [-0.05, 0) is 6.92 Å². The van der Waals surface area contributed by atoms with Crippen LogP contribution >= 0.6 is 0 Å². The van der Waals surface area contributed by atoms with E-state index in [1.54, 1.807) is 13.2 Å². The van der Waals surface area contributed by atoms with Crippen molar-refractivity contribution < 1.29 is 4.84 Å². The molecule has 0 unspecified atom stereocenters. The topological polar surface area (TPSA) is 52.0 Å². The second kappa shape index (κ2) is 4.05. The molecule has 1 aromatic rings. The number of hydrogen-bond donors (Lipinski definition) is 1. The Balaban J connectivity index is 2.27. The Morgan fingerprint density at radius 3 is 3.09 bits per heavy atom. The van der Waals surface area contributed by atoms with Crippen LogP contribution in [-0.4, -0.2) is 21.6 Å². The lowest BCUT2D eigenvalue weighted by Gasteiger charge is -1.98. The lowest BCUT2D eigenvalue weighted by Crippen LogP contribution is -2.14. The van der Waals surface area contributed by atoms with E-state index < -0.39 is 0 Å². The van der Waals surface area contributed by atoms with Gasteiger partial charge in [-0.15, -0.1) is 0 Å². The minimum Gasteiger partial charge on any atom is -0.302 e. The van der Waals surface area contributed by atoms with E-state index in [1.807, 2.05) is 6.92 Å². The van der Waals surface area contributed by atoms with Gasteiger partial charge in [0.15, 0.2) is 0 Å². The van der Waals surface area contributed by atoms with E-state index in [0.29, 0.717) is 13.2 Å². The van der Waals surface area contributed by atoms with Crippen molar-refractivity contribution in [1.82, 2.24) is 20.5 Å². The third-order valence-electron chi connectivity index (χ3n) is 1.15. The molecule has 0 aromatic carbocycles. The summed E-state index contributed by atoms with van der Waals surface area (Å²) in [4.78, 5) is 6.44. The lowest BCUT2D eigenvalue weighted by molar-refractivity contribution is 0.0455. The zero-order valence-electron chi connectivity index (χ0n) is 6.74. The Labute approximate surface area is 65.3 Å². The number of aryl methyl sites for hydroxylation is 1. The van der Waals surface area contributed by atoms with E-state index in [4.69, 9.17) is 4.84 Å². The van der Waals surface area contributed by atoms with Crippen molar-refractivity contribution in [2.24, 2.45) is 7.05 Å². The predicted molar refractivity (Wildman–Crippen MR) is 39.5 cm³/mol. The maximum absolute atomic E-state index is 4.92. The largest absolute Gasteiger partial charge is 0.302 e. The zero-order chi connectivity index (χ0) is 8.10. The number of aromatic nitrogens is 3. The molecule has 1 rings (SSSR count). The third-order valence-corrected chi connectivity index (χ3v) is 1.15. The van der Waals surface area contributed by atoms with Crippen molar-refractivity contribution in [2.75, 3.05) is 6.61 Å². The van der Waals surface area contributed by atoms with Crippen molar-refractivity contribution in [3.8, 4) is 0 Å². The van der Waals surface area contributed by atoms with E-state index >= 15 is 0 Å². The first-order valence-corrected chi connectivity index (χ1v) is 3.52. The summed E-state index contributed by atoms with van der Waals surface area (Å²) in [6.07, 6.45) is 1.70. The van der Waals surface area contributed by atoms with Crippen LogP contribution in [0.15, 0.2) is 6.20 Å². The molecule has 1 N–H and O–H groups in total. The molecule has 0 saturated carbocycles. The summed E-state index contributed by atoms with van der Waals surface area (Å²) in [5.41, 5.74) is 3.62. The Kier molecular flexibility index (Phi) is 3.00. The van der Waals surface area contributed by atoms with Crippen molar-refractivity contribution in [1.29, 1.82) is 0 Å². The zero-order valence-corrected chi connectivity index (χ0v) is 6.74. The lowest BCUT2D eigenvalue weighted by atomic mass is 10.5. The van der Waals surface area contributed by atoms with Crippen LogP contribution in [0.4, 0.5) is 0 Å². The fourth-order valence-electron chi connectivity index (χ4n) is 0.696. The van der Waals surface area contributed by atoms with Crippen LogP contribution in [0.5, 0.6) is 0 Å². The van der Waals surface area contributed by atoms with Crippen molar-refractivity contribution >= 4 is 0 Å². The van der Waals surface area contributed by atoms with Gasteiger partial charge in [0.1, 0.15) is 0 Å². The second-order valence-electron chi connectivity index (χ2n) is 2.08. The average Bonchev–Trinajstić information content (AvgIpc) is 2.37. The number of hydrogen-bond acceptors (Lipinski definition) is 4. The van der Waals surface area contributed by atoms with Crippen molar-refractivity contribution in [2.45, 2.75) is 13.5 Å². The first-order chi connectivity index (χ1) is 5.33. The van der Waals surface area contributed by atoms with Gasteiger partial charge in [-0.1, -0.05) is 0 Å². The maximum atomic E-state index is 4.92. The fourth-order valence-corrected chi connectivity index (χ4v) is 0.696. The smallest absolute Gasteiger partial charge is 0.0988 e. The highest BCUT2D eigenvalue weighted by molar-refractivity contribution is 4.88. The van der Waals surface area contributed by atoms with E-state index in [1.165, 1.54) is 4.80 Å². The van der Waals surface area contributed by atoms with Crippen LogP contribution in [0, 0.1) is 0 Å². The monoisotopic (exact) mass is 156 g/mol. The Bertz CT molecular complexity index is 210. The van der Waals surface area contributed by atoms with E-state index in [-0.39, 0.29) is 0 Å². The van der Waals surface area contributed by atoms with E-state index in [9.17, 15) is 0 Å². The molecule has 0 aliphatic rings. The van der Waals surface area contributed by atoms with Gasteiger partial charge in [0.25, 0.3) is 0 Å². The number of nitrogens with zero attached hydrogens (tertiary/aromatic N) is 3. The predicted octanol–water partition coefficient (Wildman–Crippen LogP) is -0.144. The van der Waals surface area contributed by atoms with Crippen LogP contribution in [0.1, 0.15) is 12.6 Å². The van der Waals surface area contributed by atoms with Crippen molar-refractivity contribution in [3.63, 3.8) is 0 Å². The highest BCUT2D eigenvalue weighted by Crippen LogP contribution is 1.88. The van der Waals surface area contributed by atoms with Gasteiger partial charge in [-0.3, -0.25) is 0 Å². The summed E-state index contributed by atoms with van der Waals surface area (Å²) in [5, 5.41) is 7.95. The number of hydroxylamine groups is 1. The van der Waals surface area contributed by atoms with E-state index in [0.717, 1.165) is 5.69 Å². The molecule has 5 heteroatoms. The molecule has 62 valence electrons. The maximum Gasteiger partial charge on any atom is 0.0988 e. The van der Waals surface area contributed by atoms with Gasteiger partial charge in [-0.25, -0.2) is 0 Å². The van der Waals surface area contributed by atoms with Crippen LogP contribution in [-0.2, 0) is 18.4 Å². The highest BCUT2D eigenvalue weighted by atomic mass is 16.6. The summed E-state index contributed by atoms with van der Waals surface area (Å²) in [6.45, 7) is 3.17. The normalized spacial score (nSPS) is 10.4. The third kappa shape index (κ3) is 2.65. The molecular formula is C6H12N4O. The van der Waals surface area contributed by atoms with Gasteiger partial charge in [-0.2, -0.15) is 20.5 Å². The molecule has 5 nitrogen and oxygen atoms in total. The molecule has 0 radical (unpaired) electrons. The van der Waals surface area contributed by atoms with Gasteiger partial charge in [0, 0.05) is 7.05 Å². The molecule has 0 amide bonds. The van der Waals surface area contributed by atoms with E-state index in [2.05, 4.69) is 15.7 Å². The van der Waals surface area contributed by atoms with Gasteiger partial charge < -0.3 is 4.84 Å². The van der Waals surface area contributed by atoms with Gasteiger partial charge >= 0.3 is 0 Å². The molecule has 0 spiro atoms. The molecule has 11 heavy (non-hydrogen) atoms. The summed E-state index contributed by atoms with van der Waals surface area (Å²) >= 11 is 0. The van der Waals surface area contributed by atoms with Gasteiger partial charge in [0.05, 0.1) is 25.0 Å². The van der Waals surface area contributed by atoms with Crippen molar-refractivity contribution in [3.05, 3.63) is 11.9 Å². The van der Waals surface area contributed by atoms with Crippen LogP contribution in [0.25, 0.3) is 0 Å². The Morgan fingerprint density at radius 2 is 2.55 bits per heavy atom. The summed E-state index contributed by atoms with van der Waals surface area (Å²) in [5.74, 6) is 0. The molecule has 0 atom stereocenters. The molecule has 0 aliphatic carbocycles. The second-order valence-corrected chi connectivity index (χ2v) is 2.08. The van der Waals surface area contributed by atoms with Crippen LogP contribution in [0.3, 0.4) is 0 Å². The number of rotatable bonds is 4. The highest BCUT2D eigenvalue weighted by Gasteiger charge is 1.95.